The molecule has 0 aliphatic carbocycles. The van der Waals surface area contributed by atoms with Crippen molar-refractivity contribution >= 4 is 98.5 Å². The van der Waals surface area contributed by atoms with E-state index in [1.54, 1.807) is 24.3 Å². The van der Waals surface area contributed by atoms with Crippen LogP contribution < -0.4 is 29.6 Å². The van der Waals surface area contributed by atoms with Crippen molar-refractivity contribution in [1.29, 1.82) is 0 Å². The highest BCUT2D eigenvalue weighted by Crippen LogP contribution is 2.35. The van der Waals surface area contributed by atoms with Crippen molar-refractivity contribution in [3.05, 3.63) is 230 Å². The normalized spacial score (nSPS) is 11.8. The summed E-state index contributed by atoms with van der Waals surface area (Å²) in [6.07, 6.45) is 2.58. The number of anilines is 4. The SMILES string of the molecule is O=S(=O)(O)c1cc(Nc2cc(Oc3ccc4ccccc4c3)nc(Oc3ccc4ccccc4c3)n2)ccc1/C=C/c1ccc(Nc2cc(Oc3ccc4ccccc4c3)nc(Oc3ccc4ccccc4c3)n2)cc1S(=O)(=O)O. The molecule has 0 saturated heterocycles. The van der Waals surface area contributed by atoms with E-state index in [4.69, 9.17) is 18.9 Å². The molecule has 0 radical (unpaired) electrons. The summed E-state index contributed by atoms with van der Waals surface area (Å²) in [6.45, 7) is 0. The van der Waals surface area contributed by atoms with Crippen molar-refractivity contribution in [3.8, 4) is 46.8 Å². The third kappa shape index (κ3) is 11.7. The zero-order chi connectivity index (χ0) is 54.8. The summed E-state index contributed by atoms with van der Waals surface area (Å²) in [5.74, 6) is 2.36. The summed E-state index contributed by atoms with van der Waals surface area (Å²) in [5.41, 5.74) is 0.307. The lowest BCUT2D eigenvalue weighted by atomic mass is 10.1. The fraction of sp³-hybridized carbons (Fsp3) is 0. The monoisotopic (exact) mass is 1090 g/mol. The van der Waals surface area contributed by atoms with Crippen LogP contribution in [-0.4, -0.2) is 45.9 Å². The molecular weight excluding hydrogens is 1050 g/mol. The molecule has 0 saturated carbocycles. The Morgan fingerprint density at radius 2 is 0.650 bits per heavy atom. The van der Waals surface area contributed by atoms with Gasteiger partial charge in [0.25, 0.3) is 20.2 Å². The molecule has 2 heterocycles. The highest BCUT2D eigenvalue weighted by atomic mass is 32.2. The van der Waals surface area contributed by atoms with Gasteiger partial charge in [-0.3, -0.25) is 9.11 Å². The summed E-state index contributed by atoms with van der Waals surface area (Å²) < 4.78 is 98.0. The fourth-order valence-electron chi connectivity index (χ4n) is 8.93. The summed E-state index contributed by atoms with van der Waals surface area (Å²) in [5, 5.41) is 13.9. The van der Waals surface area contributed by atoms with E-state index >= 15 is 0 Å². The van der Waals surface area contributed by atoms with E-state index in [9.17, 15) is 25.9 Å². The van der Waals surface area contributed by atoms with Crippen LogP contribution >= 0.6 is 0 Å². The van der Waals surface area contributed by atoms with Crippen molar-refractivity contribution in [2.24, 2.45) is 0 Å². The number of ether oxygens (including phenoxy) is 4. The Bertz CT molecular complexity index is 4170. The van der Waals surface area contributed by atoms with Gasteiger partial charge in [-0.15, -0.1) is 0 Å². The predicted octanol–water partition coefficient (Wildman–Crippen LogP) is 15.2. The Morgan fingerprint density at radius 3 is 0.975 bits per heavy atom. The Kier molecular flexibility index (Phi) is 13.5. The summed E-state index contributed by atoms with van der Waals surface area (Å²) in [4.78, 5) is 17.1. The topological polar surface area (TPSA) is 221 Å². The maximum atomic E-state index is 13.0. The number of rotatable bonds is 16. The van der Waals surface area contributed by atoms with Gasteiger partial charge in [0.2, 0.25) is 11.8 Å². The molecule has 4 N–H and O–H groups in total. The first-order valence-electron chi connectivity index (χ1n) is 24.7. The molecule has 392 valence electrons. The molecule has 12 rings (SSSR count). The Morgan fingerprint density at radius 1 is 0.338 bits per heavy atom. The molecule has 0 fully saturated rings. The second-order valence-electron chi connectivity index (χ2n) is 18.2. The summed E-state index contributed by atoms with van der Waals surface area (Å²) in [7, 11) is -9.83. The van der Waals surface area contributed by atoms with E-state index in [-0.39, 0.29) is 57.9 Å². The van der Waals surface area contributed by atoms with Crippen molar-refractivity contribution < 1.29 is 44.9 Å². The Hall–Kier alpha value is -10.2. The average Bonchev–Trinajstić information content (AvgIpc) is 3.45. The van der Waals surface area contributed by atoms with Gasteiger partial charge in [-0.25, -0.2) is 0 Å². The Labute approximate surface area is 457 Å². The van der Waals surface area contributed by atoms with E-state index in [1.807, 2.05) is 146 Å². The lowest BCUT2D eigenvalue weighted by Crippen LogP contribution is -2.04. The third-order valence-electron chi connectivity index (χ3n) is 12.7. The first kappa shape index (κ1) is 50.6. The van der Waals surface area contributed by atoms with E-state index in [1.165, 1.54) is 60.7 Å². The van der Waals surface area contributed by atoms with Crippen LogP contribution in [0.15, 0.2) is 228 Å². The molecule has 18 heteroatoms. The summed E-state index contributed by atoms with van der Waals surface area (Å²) in [6, 6.07) is 64.4. The van der Waals surface area contributed by atoms with Crippen LogP contribution in [0, 0.1) is 0 Å². The fourth-order valence-corrected chi connectivity index (χ4v) is 10.3. The van der Waals surface area contributed by atoms with Crippen molar-refractivity contribution in [2.45, 2.75) is 9.79 Å². The number of hydrogen-bond acceptors (Lipinski definition) is 14. The zero-order valence-electron chi connectivity index (χ0n) is 41.7. The lowest BCUT2D eigenvalue weighted by Gasteiger charge is -2.13. The molecule has 0 aliphatic rings. The lowest BCUT2D eigenvalue weighted by molar-refractivity contribution is 0.412. The van der Waals surface area contributed by atoms with Gasteiger partial charge in [0.1, 0.15) is 44.4 Å². The number of hydrogen-bond donors (Lipinski definition) is 4. The van der Waals surface area contributed by atoms with Gasteiger partial charge in [-0.2, -0.15) is 36.8 Å². The standard InChI is InChI=1S/C62H42N6O10S2/c69-79(70,71)55-35-49(63-57-37-59(75-51-27-21-39-9-1-5-13-45(39)31-51)67-61(65-57)77-53-29-23-41-11-3-7-15-47(41)33-53)25-19-43(55)17-18-44-20-26-50(36-56(44)80(72,73)74)64-58-38-60(76-52-28-22-40-10-2-6-14-46(40)32-52)68-62(66-58)78-54-30-24-42-12-4-8-16-48(42)34-54/h1-38H,(H,63,65,67)(H,64,66,68)(H,69,70,71)(H,72,73,74)/b18-17+. The molecule has 12 aromatic rings. The number of fused-ring (bicyclic) bond motifs is 4. The highest BCUT2D eigenvalue weighted by Gasteiger charge is 2.20. The van der Waals surface area contributed by atoms with Gasteiger partial charge in [0.05, 0.1) is 0 Å². The minimum absolute atomic E-state index is 0.0243. The van der Waals surface area contributed by atoms with Gasteiger partial charge in [0.15, 0.2) is 0 Å². The van der Waals surface area contributed by atoms with Gasteiger partial charge in [-0.1, -0.05) is 146 Å². The number of nitrogens with one attached hydrogen (secondary N) is 2. The van der Waals surface area contributed by atoms with Crippen molar-refractivity contribution in [2.75, 3.05) is 10.6 Å². The smallest absolute Gasteiger partial charge is 0.327 e. The quantitative estimate of drug-likeness (QED) is 0.0522. The van der Waals surface area contributed by atoms with Crippen molar-refractivity contribution in [1.82, 2.24) is 19.9 Å². The molecule has 80 heavy (non-hydrogen) atoms. The molecule has 0 bridgehead atoms. The maximum absolute atomic E-state index is 13.0. The average molecular weight is 1100 g/mol. The molecule has 0 atom stereocenters. The second kappa shape index (κ2) is 21.3. The van der Waals surface area contributed by atoms with Crippen LogP contribution in [0.1, 0.15) is 11.1 Å². The largest absolute Gasteiger partial charge is 0.439 e. The molecule has 2 aromatic heterocycles. The van der Waals surface area contributed by atoms with Gasteiger partial charge >= 0.3 is 12.0 Å². The van der Waals surface area contributed by atoms with Gasteiger partial charge in [-0.05, 0) is 127 Å². The van der Waals surface area contributed by atoms with E-state index in [0.29, 0.717) is 23.0 Å². The van der Waals surface area contributed by atoms with E-state index < -0.39 is 30.0 Å². The van der Waals surface area contributed by atoms with Gasteiger partial charge in [0, 0.05) is 23.5 Å². The maximum Gasteiger partial charge on any atom is 0.327 e. The number of nitrogens with zero attached hydrogens (tertiary/aromatic N) is 4. The molecule has 0 spiro atoms. The third-order valence-corrected chi connectivity index (χ3v) is 14.5. The summed E-state index contributed by atoms with van der Waals surface area (Å²) >= 11 is 0. The minimum atomic E-state index is -4.92. The molecule has 0 unspecified atom stereocenters. The van der Waals surface area contributed by atoms with Crippen LogP contribution in [-0.2, 0) is 20.2 Å². The van der Waals surface area contributed by atoms with Crippen LogP contribution in [0.4, 0.5) is 23.0 Å². The molecule has 10 aromatic carbocycles. The van der Waals surface area contributed by atoms with Crippen LogP contribution in [0.2, 0.25) is 0 Å². The van der Waals surface area contributed by atoms with Gasteiger partial charge < -0.3 is 29.6 Å². The first-order valence-corrected chi connectivity index (χ1v) is 27.5. The van der Waals surface area contributed by atoms with Crippen LogP contribution in [0.25, 0.3) is 55.2 Å². The Balaban J connectivity index is 0.829. The zero-order valence-corrected chi connectivity index (χ0v) is 43.3. The first-order chi connectivity index (χ1) is 38.8. The molecule has 0 aliphatic heterocycles. The van der Waals surface area contributed by atoms with E-state index in [2.05, 4.69) is 30.6 Å². The molecule has 0 amide bonds. The number of benzene rings is 10. The molecule has 16 nitrogen and oxygen atoms in total. The second-order valence-corrected chi connectivity index (χ2v) is 21.0. The van der Waals surface area contributed by atoms with Crippen LogP contribution in [0.5, 0.6) is 46.8 Å². The highest BCUT2D eigenvalue weighted by molar-refractivity contribution is 7.86. The van der Waals surface area contributed by atoms with E-state index in [0.717, 1.165) is 43.1 Å². The molecular formula is C62H42N6O10S2. The van der Waals surface area contributed by atoms with Crippen LogP contribution in [0.3, 0.4) is 0 Å². The number of aromatic nitrogens is 4. The minimum Gasteiger partial charge on any atom is -0.439 e. The van der Waals surface area contributed by atoms with Crippen molar-refractivity contribution in [3.63, 3.8) is 0 Å². The predicted molar refractivity (Wildman–Crippen MR) is 308 cm³/mol.